The van der Waals surface area contributed by atoms with Crippen LogP contribution >= 0.6 is 0 Å². The van der Waals surface area contributed by atoms with Crippen molar-refractivity contribution in [2.45, 2.75) is 0 Å². The van der Waals surface area contributed by atoms with E-state index in [2.05, 4.69) is 115 Å². The summed E-state index contributed by atoms with van der Waals surface area (Å²) in [4.78, 5) is 15.1. The maximum absolute atomic E-state index is 5.15. The lowest BCUT2D eigenvalue weighted by molar-refractivity contribution is 1.18. The van der Waals surface area contributed by atoms with Crippen molar-refractivity contribution in [3.8, 4) is 45.0 Å². The van der Waals surface area contributed by atoms with Gasteiger partial charge >= 0.3 is 0 Å². The molecule has 196 valence electrons. The van der Waals surface area contributed by atoms with Gasteiger partial charge in [0.25, 0.3) is 0 Å². The molecule has 0 saturated heterocycles. The lowest BCUT2D eigenvalue weighted by atomic mass is 9.97. The first-order valence-electron chi connectivity index (χ1n) is 14.1. The summed E-state index contributed by atoms with van der Waals surface area (Å²) >= 11 is 0. The highest BCUT2D eigenvalue weighted by Gasteiger charge is 2.12. The van der Waals surface area contributed by atoms with Crippen molar-refractivity contribution in [2.75, 3.05) is 0 Å². The first-order valence-corrected chi connectivity index (χ1v) is 14.1. The van der Waals surface area contributed by atoms with Crippen LogP contribution in [0.3, 0.4) is 0 Å². The lowest BCUT2D eigenvalue weighted by Crippen LogP contribution is -1.95. The van der Waals surface area contributed by atoms with E-state index in [1.54, 1.807) is 0 Å². The van der Waals surface area contributed by atoms with Gasteiger partial charge in [0.2, 0.25) is 0 Å². The van der Waals surface area contributed by atoms with Crippen molar-refractivity contribution >= 4 is 32.6 Å². The Morgan fingerprint density at radius 3 is 1.74 bits per heavy atom. The minimum absolute atomic E-state index is 0.716. The second kappa shape index (κ2) is 10.1. The summed E-state index contributed by atoms with van der Waals surface area (Å²) in [7, 11) is 0. The predicted molar refractivity (Wildman–Crippen MR) is 174 cm³/mol. The minimum Gasteiger partial charge on any atom is -0.247 e. The van der Waals surface area contributed by atoms with Gasteiger partial charge in [-0.15, -0.1) is 0 Å². The SMILES string of the molecule is c1ccc(-c2cc(-c3ccc(-c4cccc5cc6c(ccc7ccccc76)nc45)cc3)nc(-c3ccccc3)n2)cc1. The van der Waals surface area contributed by atoms with Crippen LogP contribution < -0.4 is 0 Å². The van der Waals surface area contributed by atoms with Crippen molar-refractivity contribution in [3.05, 3.63) is 152 Å². The standard InChI is InChI=1S/C39H25N3/c1-3-11-28(12-4-1)36-25-37(42-39(41-36)30-13-5-2-6-14-30)29-20-18-27(19-21-29)33-17-9-15-31-24-34-32-16-8-7-10-26(32)22-23-35(34)40-38(31)33/h1-25H. The molecule has 3 nitrogen and oxygen atoms in total. The molecule has 0 amide bonds. The molecule has 0 bridgehead atoms. The average Bonchev–Trinajstić information content (AvgIpc) is 3.08. The zero-order valence-electron chi connectivity index (χ0n) is 22.8. The molecule has 2 aromatic heterocycles. The number of benzene rings is 6. The molecular weight excluding hydrogens is 510 g/mol. The molecule has 0 radical (unpaired) electrons. The number of pyridine rings is 1. The van der Waals surface area contributed by atoms with Crippen LogP contribution in [-0.2, 0) is 0 Å². The number of hydrogen-bond donors (Lipinski definition) is 0. The van der Waals surface area contributed by atoms with Gasteiger partial charge in [-0.3, -0.25) is 0 Å². The van der Waals surface area contributed by atoms with Gasteiger partial charge in [-0.1, -0.05) is 133 Å². The molecule has 0 aliphatic heterocycles. The van der Waals surface area contributed by atoms with Gasteiger partial charge in [-0.25, -0.2) is 15.0 Å². The second-order valence-electron chi connectivity index (χ2n) is 10.5. The van der Waals surface area contributed by atoms with E-state index in [9.17, 15) is 0 Å². The summed E-state index contributed by atoms with van der Waals surface area (Å²) in [5, 5.41) is 4.78. The molecular formula is C39H25N3. The predicted octanol–water partition coefficient (Wildman–Crippen LogP) is 10.00. The normalized spacial score (nSPS) is 11.3. The number of nitrogens with zero attached hydrogens (tertiary/aromatic N) is 3. The Labute approximate surface area is 243 Å². The molecule has 0 fully saturated rings. The van der Waals surface area contributed by atoms with E-state index in [-0.39, 0.29) is 0 Å². The minimum atomic E-state index is 0.716. The lowest BCUT2D eigenvalue weighted by Gasteiger charge is -2.11. The number of hydrogen-bond acceptors (Lipinski definition) is 3. The Kier molecular flexibility index (Phi) is 5.79. The van der Waals surface area contributed by atoms with E-state index in [4.69, 9.17) is 15.0 Å². The third-order valence-corrected chi connectivity index (χ3v) is 7.87. The monoisotopic (exact) mass is 535 g/mol. The third-order valence-electron chi connectivity index (χ3n) is 7.87. The maximum atomic E-state index is 5.15. The van der Waals surface area contributed by atoms with Crippen LogP contribution in [-0.4, -0.2) is 15.0 Å². The van der Waals surface area contributed by atoms with Gasteiger partial charge in [0, 0.05) is 33.0 Å². The van der Waals surface area contributed by atoms with E-state index in [0.29, 0.717) is 5.82 Å². The van der Waals surface area contributed by atoms with Crippen molar-refractivity contribution in [2.24, 2.45) is 0 Å². The van der Waals surface area contributed by atoms with E-state index < -0.39 is 0 Å². The highest BCUT2D eigenvalue weighted by Crippen LogP contribution is 2.34. The van der Waals surface area contributed by atoms with Crippen LogP contribution in [0.25, 0.3) is 77.6 Å². The van der Waals surface area contributed by atoms with Crippen molar-refractivity contribution in [3.63, 3.8) is 0 Å². The number of aromatic nitrogens is 3. The largest absolute Gasteiger partial charge is 0.247 e. The Bertz CT molecular complexity index is 2160. The smallest absolute Gasteiger partial charge is 0.160 e. The quantitative estimate of drug-likeness (QED) is 0.166. The Balaban J connectivity index is 1.23. The van der Waals surface area contributed by atoms with Gasteiger partial charge in [0.05, 0.1) is 22.4 Å². The van der Waals surface area contributed by atoms with Crippen LogP contribution in [0.5, 0.6) is 0 Å². The Hall–Kier alpha value is -5.67. The molecule has 2 heterocycles. The molecule has 0 unspecified atom stereocenters. The summed E-state index contributed by atoms with van der Waals surface area (Å²) < 4.78 is 0. The van der Waals surface area contributed by atoms with Gasteiger partial charge in [-0.05, 0) is 34.5 Å². The molecule has 3 heteroatoms. The van der Waals surface area contributed by atoms with Crippen LogP contribution in [0.4, 0.5) is 0 Å². The van der Waals surface area contributed by atoms with Crippen LogP contribution in [0.2, 0.25) is 0 Å². The third kappa shape index (κ3) is 4.29. The Morgan fingerprint density at radius 2 is 0.976 bits per heavy atom. The zero-order valence-corrected chi connectivity index (χ0v) is 22.8. The molecule has 0 atom stereocenters. The summed E-state index contributed by atoms with van der Waals surface area (Å²) in [5.41, 5.74) is 9.15. The van der Waals surface area contributed by atoms with Crippen LogP contribution in [0, 0.1) is 0 Å². The van der Waals surface area contributed by atoms with Crippen molar-refractivity contribution in [1.82, 2.24) is 15.0 Å². The summed E-state index contributed by atoms with van der Waals surface area (Å²) in [6.07, 6.45) is 0. The molecule has 0 aliphatic carbocycles. The molecule has 6 aromatic carbocycles. The van der Waals surface area contributed by atoms with E-state index >= 15 is 0 Å². The highest BCUT2D eigenvalue weighted by atomic mass is 14.9. The second-order valence-corrected chi connectivity index (χ2v) is 10.5. The fraction of sp³-hybridized carbons (Fsp3) is 0. The summed E-state index contributed by atoms with van der Waals surface area (Å²) in [6.45, 7) is 0. The van der Waals surface area contributed by atoms with E-state index in [0.717, 1.165) is 55.6 Å². The Morgan fingerprint density at radius 1 is 0.357 bits per heavy atom. The highest BCUT2D eigenvalue weighted by molar-refractivity contribution is 6.11. The van der Waals surface area contributed by atoms with Crippen molar-refractivity contribution in [1.29, 1.82) is 0 Å². The van der Waals surface area contributed by atoms with Gasteiger partial charge in [0.1, 0.15) is 0 Å². The van der Waals surface area contributed by atoms with E-state index in [1.807, 2.05) is 36.4 Å². The average molecular weight is 536 g/mol. The van der Waals surface area contributed by atoms with Crippen molar-refractivity contribution < 1.29 is 0 Å². The fourth-order valence-electron chi connectivity index (χ4n) is 5.73. The summed E-state index contributed by atoms with van der Waals surface area (Å²) in [6, 6.07) is 52.6. The maximum Gasteiger partial charge on any atom is 0.160 e. The number of fused-ring (bicyclic) bond motifs is 4. The van der Waals surface area contributed by atoms with E-state index in [1.165, 1.54) is 16.2 Å². The fourth-order valence-corrected chi connectivity index (χ4v) is 5.73. The summed E-state index contributed by atoms with van der Waals surface area (Å²) in [5.74, 6) is 0.716. The first kappa shape index (κ1) is 24.2. The van der Waals surface area contributed by atoms with Crippen LogP contribution in [0.1, 0.15) is 0 Å². The molecule has 8 aromatic rings. The number of rotatable bonds is 4. The van der Waals surface area contributed by atoms with Gasteiger partial charge < -0.3 is 0 Å². The first-order chi connectivity index (χ1) is 20.8. The molecule has 0 N–H and O–H groups in total. The molecule has 42 heavy (non-hydrogen) atoms. The topological polar surface area (TPSA) is 38.7 Å². The molecule has 8 rings (SSSR count). The van der Waals surface area contributed by atoms with Gasteiger partial charge in [-0.2, -0.15) is 0 Å². The molecule has 0 aliphatic rings. The number of para-hydroxylation sites is 1. The molecule has 0 saturated carbocycles. The van der Waals surface area contributed by atoms with Gasteiger partial charge in [0.15, 0.2) is 5.82 Å². The zero-order chi connectivity index (χ0) is 27.9. The van der Waals surface area contributed by atoms with Crippen LogP contribution in [0.15, 0.2) is 152 Å². The molecule has 0 spiro atoms.